The standard InChI is InChI=1S/C27H28N2O6.C2HF3O2/c1-15(30)16-6-8-17(9-7-16)19-11-10-18(14-20(19)34-3)23-21-22(25(32)28(2)24(21)31)27(26(33)35-4)12-5-13-29(23)27;3-2(4,5)1(6)7/h6-11,14,21-23H,5,12-13H2,1-4H3;(H,6,7)/t21-,22-,23+,27-;/m0./s1. The zero-order valence-electron chi connectivity index (χ0n) is 23.2. The van der Waals surface area contributed by atoms with Crippen LogP contribution in [0.15, 0.2) is 42.5 Å². The first-order valence-corrected chi connectivity index (χ1v) is 13.0. The summed E-state index contributed by atoms with van der Waals surface area (Å²) in [5, 5.41) is 7.12. The van der Waals surface area contributed by atoms with Gasteiger partial charge in [0.05, 0.1) is 26.1 Å². The number of alkyl halides is 3. The molecule has 3 aliphatic heterocycles. The first kappa shape index (κ1) is 30.7. The highest BCUT2D eigenvalue weighted by Crippen LogP contribution is 2.59. The third-order valence-corrected chi connectivity index (χ3v) is 8.18. The van der Waals surface area contributed by atoms with Gasteiger partial charge in [0.15, 0.2) is 5.78 Å². The number of aliphatic carboxylic acids is 1. The number of carboxylic acid groups (broad SMARTS) is 1. The SMILES string of the molecule is COC(=O)[C@@]12CCCN1[C@H](c1ccc(-c3ccc(C(C)=O)cc3)c(OC)c1)[C@H]1C(=O)N(C)C(=O)[C@H]12.O=C(O)C(F)(F)F. The number of likely N-dealkylation sites (tertiary alicyclic amines) is 1. The Morgan fingerprint density at radius 1 is 1.02 bits per heavy atom. The number of esters is 1. The molecular formula is C29H29F3N2O8. The topological polar surface area (TPSA) is 131 Å². The fourth-order valence-electron chi connectivity index (χ4n) is 6.36. The van der Waals surface area contributed by atoms with E-state index in [0.717, 1.165) is 28.0 Å². The fourth-order valence-corrected chi connectivity index (χ4v) is 6.36. The quantitative estimate of drug-likeness (QED) is 0.316. The van der Waals surface area contributed by atoms with E-state index in [9.17, 15) is 32.3 Å². The van der Waals surface area contributed by atoms with Gasteiger partial charge < -0.3 is 14.6 Å². The molecular weight excluding hydrogens is 561 g/mol. The van der Waals surface area contributed by atoms with Gasteiger partial charge in [-0.3, -0.25) is 29.0 Å². The minimum atomic E-state index is -5.08. The first-order valence-electron chi connectivity index (χ1n) is 13.0. The van der Waals surface area contributed by atoms with Crippen molar-refractivity contribution in [3.05, 3.63) is 53.6 Å². The van der Waals surface area contributed by atoms with Gasteiger partial charge in [0.1, 0.15) is 11.3 Å². The van der Waals surface area contributed by atoms with Crippen molar-refractivity contribution >= 4 is 29.5 Å². The Morgan fingerprint density at radius 2 is 1.64 bits per heavy atom. The Hall–Kier alpha value is -4.26. The van der Waals surface area contributed by atoms with Crippen molar-refractivity contribution in [1.29, 1.82) is 0 Å². The van der Waals surface area contributed by atoms with E-state index in [1.54, 1.807) is 19.2 Å². The number of nitrogens with zero attached hydrogens (tertiary/aromatic N) is 2. The van der Waals surface area contributed by atoms with Crippen LogP contribution in [0.1, 0.15) is 41.7 Å². The van der Waals surface area contributed by atoms with E-state index in [2.05, 4.69) is 0 Å². The lowest BCUT2D eigenvalue weighted by atomic mass is 9.77. The molecule has 2 amide bonds. The highest BCUT2D eigenvalue weighted by molar-refractivity contribution is 6.09. The minimum Gasteiger partial charge on any atom is -0.496 e. The van der Waals surface area contributed by atoms with Gasteiger partial charge in [0.2, 0.25) is 11.8 Å². The van der Waals surface area contributed by atoms with Gasteiger partial charge in [-0.1, -0.05) is 36.4 Å². The number of carbonyl (C=O) groups excluding carboxylic acids is 4. The molecule has 13 heteroatoms. The summed E-state index contributed by atoms with van der Waals surface area (Å²) in [7, 11) is 4.39. The number of rotatable bonds is 5. The monoisotopic (exact) mass is 590 g/mol. The number of halogens is 3. The number of fused-ring (bicyclic) bond motifs is 3. The fraction of sp³-hybridized carbons (Fsp3) is 0.414. The van der Waals surface area contributed by atoms with Crippen LogP contribution in [0.2, 0.25) is 0 Å². The molecule has 10 nitrogen and oxygen atoms in total. The van der Waals surface area contributed by atoms with Crippen molar-refractivity contribution in [2.75, 3.05) is 27.8 Å². The summed E-state index contributed by atoms with van der Waals surface area (Å²) < 4.78 is 42.6. The van der Waals surface area contributed by atoms with Crippen LogP contribution in [0.5, 0.6) is 5.75 Å². The van der Waals surface area contributed by atoms with Gasteiger partial charge in [-0.2, -0.15) is 13.2 Å². The van der Waals surface area contributed by atoms with Crippen LogP contribution in [0, 0.1) is 11.8 Å². The summed E-state index contributed by atoms with van der Waals surface area (Å²) in [6, 6.07) is 12.6. The van der Waals surface area contributed by atoms with Crippen molar-refractivity contribution in [2.24, 2.45) is 11.8 Å². The number of imide groups is 1. The van der Waals surface area contributed by atoms with E-state index in [1.807, 2.05) is 35.2 Å². The summed E-state index contributed by atoms with van der Waals surface area (Å²) in [4.78, 5) is 63.3. The van der Waals surface area contributed by atoms with Crippen molar-refractivity contribution in [1.82, 2.24) is 9.80 Å². The Bertz CT molecular complexity index is 1440. The minimum absolute atomic E-state index is 0.00454. The molecule has 1 N–H and O–H groups in total. The van der Waals surface area contributed by atoms with Crippen LogP contribution in [-0.2, 0) is 23.9 Å². The average molecular weight is 591 g/mol. The summed E-state index contributed by atoms with van der Waals surface area (Å²) in [6.45, 7) is 2.12. The van der Waals surface area contributed by atoms with E-state index in [1.165, 1.54) is 21.1 Å². The van der Waals surface area contributed by atoms with Gasteiger partial charge in [-0.25, -0.2) is 4.79 Å². The van der Waals surface area contributed by atoms with E-state index in [0.29, 0.717) is 24.3 Å². The molecule has 42 heavy (non-hydrogen) atoms. The maximum absolute atomic E-state index is 13.3. The molecule has 3 aliphatic rings. The number of carbonyl (C=O) groups is 5. The number of hydrogen-bond donors (Lipinski definition) is 1. The Balaban J connectivity index is 0.000000517. The molecule has 0 bridgehead atoms. The largest absolute Gasteiger partial charge is 0.496 e. The zero-order valence-corrected chi connectivity index (χ0v) is 23.2. The Kier molecular flexibility index (Phi) is 8.18. The van der Waals surface area contributed by atoms with Crippen molar-refractivity contribution < 1.29 is 51.7 Å². The van der Waals surface area contributed by atoms with Crippen LogP contribution < -0.4 is 4.74 Å². The predicted octanol–water partition coefficient (Wildman–Crippen LogP) is 3.49. The van der Waals surface area contributed by atoms with Gasteiger partial charge in [-0.05, 0) is 43.5 Å². The van der Waals surface area contributed by atoms with Crippen molar-refractivity contribution in [2.45, 2.75) is 37.5 Å². The summed E-state index contributed by atoms with van der Waals surface area (Å²) in [5.74, 6) is -4.66. The summed E-state index contributed by atoms with van der Waals surface area (Å²) in [5.41, 5.74) is 2.02. The molecule has 2 aromatic rings. The lowest BCUT2D eigenvalue weighted by Crippen LogP contribution is -2.54. The third kappa shape index (κ3) is 4.91. The molecule has 4 atom stereocenters. The molecule has 224 valence electrons. The highest BCUT2D eigenvalue weighted by atomic mass is 19.4. The number of carboxylic acids is 1. The molecule has 3 fully saturated rings. The molecule has 5 rings (SSSR count). The average Bonchev–Trinajstić information content (AvgIpc) is 3.57. The number of ketones is 1. The maximum Gasteiger partial charge on any atom is 0.490 e. The van der Waals surface area contributed by atoms with Crippen LogP contribution in [0.3, 0.4) is 0 Å². The van der Waals surface area contributed by atoms with Gasteiger partial charge in [-0.15, -0.1) is 0 Å². The molecule has 3 saturated heterocycles. The number of hydrogen-bond acceptors (Lipinski definition) is 8. The van der Waals surface area contributed by atoms with Crippen LogP contribution >= 0.6 is 0 Å². The van der Waals surface area contributed by atoms with E-state index in [4.69, 9.17) is 19.4 Å². The normalized spacial score (nSPS) is 24.9. The molecule has 0 unspecified atom stereocenters. The number of ether oxygens (including phenoxy) is 2. The first-order chi connectivity index (χ1) is 19.7. The number of Topliss-reactive ketones (excluding diaryl/α,β-unsaturated/α-hetero) is 1. The smallest absolute Gasteiger partial charge is 0.490 e. The van der Waals surface area contributed by atoms with Crippen molar-refractivity contribution in [3.63, 3.8) is 0 Å². The van der Waals surface area contributed by atoms with Crippen LogP contribution in [0.25, 0.3) is 11.1 Å². The molecule has 0 spiro atoms. The van der Waals surface area contributed by atoms with E-state index < -0.39 is 41.5 Å². The van der Waals surface area contributed by atoms with Crippen LogP contribution in [0.4, 0.5) is 13.2 Å². The molecule has 0 aliphatic carbocycles. The number of amides is 2. The number of benzene rings is 2. The molecule has 0 radical (unpaired) electrons. The lowest BCUT2D eigenvalue weighted by Gasteiger charge is -2.35. The predicted molar refractivity (Wildman–Crippen MR) is 140 cm³/mol. The van der Waals surface area contributed by atoms with Gasteiger partial charge in [0, 0.05) is 24.2 Å². The van der Waals surface area contributed by atoms with Gasteiger partial charge in [0.25, 0.3) is 0 Å². The van der Waals surface area contributed by atoms with Gasteiger partial charge >= 0.3 is 18.1 Å². The second-order valence-electron chi connectivity index (χ2n) is 10.3. The van der Waals surface area contributed by atoms with Crippen molar-refractivity contribution in [3.8, 4) is 16.9 Å². The summed E-state index contributed by atoms with van der Waals surface area (Å²) in [6.07, 6.45) is -3.88. The van der Waals surface area contributed by atoms with E-state index >= 15 is 0 Å². The molecule has 0 saturated carbocycles. The Morgan fingerprint density at radius 3 is 2.17 bits per heavy atom. The summed E-state index contributed by atoms with van der Waals surface area (Å²) >= 11 is 0. The lowest BCUT2D eigenvalue weighted by molar-refractivity contribution is -0.192. The second-order valence-corrected chi connectivity index (χ2v) is 10.3. The highest BCUT2D eigenvalue weighted by Gasteiger charge is 2.73. The Labute approximate surface area is 239 Å². The molecule has 2 aromatic carbocycles. The third-order valence-electron chi connectivity index (χ3n) is 8.18. The molecule has 0 aromatic heterocycles. The maximum atomic E-state index is 13.3. The zero-order chi connectivity index (χ0) is 31.1. The second kappa shape index (κ2) is 11.2. The molecule has 3 heterocycles. The van der Waals surface area contributed by atoms with Crippen LogP contribution in [-0.4, -0.2) is 84.0 Å². The number of methoxy groups -OCH3 is 2. The van der Waals surface area contributed by atoms with E-state index in [-0.39, 0.29) is 17.6 Å².